The number of methoxy groups -OCH3 is 1. The van der Waals surface area contributed by atoms with Crippen LogP contribution in [0.15, 0.2) is 127 Å². The lowest BCUT2D eigenvalue weighted by molar-refractivity contribution is 0.380. The van der Waals surface area contributed by atoms with Crippen molar-refractivity contribution in [3.05, 3.63) is 161 Å². The summed E-state index contributed by atoms with van der Waals surface area (Å²) in [6.45, 7) is 0. The molecule has 0 bridgehead atoms. The molecule has 6 aromatic rings. The average Bonchev–Trinajstić information content (AvgIpc) is 3.29. The number of ether oxygens (including phenoxy) is 1. The van der Waals surface area contributed by atoms with Crippen molar-refractivity contribution in [2.24, 2.45) is 0 Å². The van der Waals surface area contributed by atoms with Crippen LogP contribution in [0.5, 0.6) is 5.75 Å². The zero-order valence-electron chi connectivity index (χ0n) is 21.0. The van der Waals surface area contributed by atoms with E-state index in [9.17, 15) is 0 Å². The van der Waals surface area contributed by atoms with Crippen LogP contribution >= 0.6 is 0 Å². The van der Waals surface area contributed by atoms with Crippen LogP contribution in [0, 0.1) is 0 Å². The van der Waals surface area contributed by atoms with E-state index in [1.165, 1.54) is 66.4 Å². The Balaban J connectivity index is 1.68. The molecule has 0 heterocycles. The van der Waals surface area contributed by atoms with Gasteiger partial charge in [-0.25, -0.2) is 0 Å². The molecule has 0 fully saturated rings. The maximum absolute atomic E-state index is 6.27. The maximum atomic E-state index is 6.27. The summed E-state index contributed by atoms with van der Waals surface area (Å²) in [5.74, 6) is 0.954. The van der Waals surface area contributed by atoms with E-state index in [0.29, 0.717) is 0 Å². The molecule has 3 aliphatic rings. The summed E-state index contributed by atoms with van der Waals surface area (Å²) in [6, 6.07) is 47.6. The first kappa shape index (κ1) is 20.4. The van der Waals surface area contributed by atoms with E-state index in [-0.39, 0.29) is 0 Å². The van der Waals surface area contributed by atoms with Gasteiger partial charge in [-0.3, -0.25) is 0 Å². The van der Waals surface area contributed by atoms with Crippen LogP contribution in [0.1, 0.15) is 33.4 Å². The standard InChI is InChI=1S/C37H24O/c1-38-33-22-21-23-11-10-20-32-34(23)35(33)37-30-18-8-4-14-26(30)24-12-2-6-16-28(24)36(32,37)29-17-7-3-13-25(29)27-15-5-9-19-31(27)37/h2-22H,1H3. The molecule has 178 valence electrons. The van der Waals surface area contributed by atoms with Crippen LogP contribution in [0.4, 0.5) is 0 Å². The molecular formula is C37H24O. The highest BCUT2D eigenvalue weighted by atomic mass is 16.5. The molecule has 0 saturated heterocycles. The summed E-state index contributed by atoms with van der Waals surface area (Å²) in [7, 11) is 1.82. The highest BCUT2D eigenvalue weighted by Crippen LogP contribution is 2.74. The Morgan fingerprint density at radius 2 is 0.868 bits per heavy atom. The number of benzene rings is 6. The first-order valence-electron chi connectivity index (χ1n) is 13.3. The highest BCUT2D eigenvalue weighted by Gasteiger charge is 2.68. The minimum atomic E-state index is -0.489. The molecule has 6 aromatic carbocycles. The van der Waals surface area contributed by atoms with E-state index < -0.39 is 10.8 Å². The lowest BCUT2D eigenvalue weighted by Crippen LogP contribution is -2.54. The van der Waals surface area contributed by atoms with Crippen molar-refractivity contribution in [3.63, 3.8) is 0 Å². The third-order valence-electron chi connectivity index (χ3n) is 9.47. The molecule has 0 radical (unpaired) electrons. The molecule has 0 aliphatic heterocycles. The summed E-state index contributed by atoms with van der Waals surface area (Å²) in [6.07, 6.45) is 0. The Morgan fingerprint density at radius 3 is 1.37 bits per heavy atom. The predicted octanol–water partition coefficient (Wildman–Crippen LogP) is 8.49. The molecule has 0 unspecified atom stereocenters. The fourth-order valence-corrected chi connectivity index (χ4v) is 8.44. The summed E-state index contributed by atoms with van der Waals surface area (Å²) in [4.78, 5) is 0. The predicted molar refractivity (Wildman–Crippen MR) is 154 cm³/mol. The van der Waals surface area contributed by atoms with Gasteiger partial charge in [0.1, 0.15) is 5.75 Å². The largest absolute Gasteiger partial charge is 0.496 e. The van der Waals surface area contributed by atoms with Crippen molar-refractivity contribution in [2.45, 2.75) is 10.8 Å². The van der Waals surface area contributed by atoms with Gasteiger partial charge in [0.25, 0.3) is 0 Å². The molecule has 38 heavy (non-hydrogen) atoms. The van der Waals surface area contributed by atoms with Gasteiger partial charge in [-0.1, -0.05) is 121 Å². The molecule has 0 amide bonds. The summed E-state index contributed by atoms with van der Waals surface area (Å²) < 4.78 is 6.27. The Hall–Kier alpha value is -4.62. The normalized spacial score (nSPS) is 21.0. The topological polar surface area (TPSA) is 9.23 Å². The zero-order chi connectivity index (χ0) is 25.1. The summed E-state index contributed by atoms with van der Waals surface area (Å²) in [5, 5.41) is 2.59. The molecule has 3 aliphatic carbocycles. The van der Waals surface area contributed by atoms with Gasteiger partial charge in [-0.2, -0.15) is 0 Å². The van der Waals surface area contributed by atoms with E-state index >= 15 is 0 Å². The van der Waals surface area contributed by atoms with Gasteiger partial charge in [-0.15, -0.1) is 0 Å². The van der Waals surface area contributed by atoms with Crippen molar-refractivity contribution in [2.75, 3.05) is 7.11 Å². The molecule has 0 spiro atoms. The lowest BCUT2D eigenvalue weighted by Gasteiger charge is -2.56. The second-order valence-electron chi connectivity index (χ2n) is 10.7. The van der Waals surface area contributed by atoms with Crippen molar-refractivity contribution < 1.29 is 4.74 Å². The van der Waals surface area contributed by atoms with Crippen LogP contribution in [-0.2, 0) is 10.8 Å². The fourth-order valence-electron chi connectivity index (χ4n) is 8.44. The molecule has 9 rings (SSSR count). The quantitative estimate of drug-likeness (QED) is 0.227. The van der Waals surface area contributed by atoms with Crippen LogP contribution < -0.4 is 4.74 Å². The zero-order valence-corrected chi connectivity index (χ0v) is 21.0. The van der Waals surface area contributed by atoms with E-state index in [4.69, 9.17) is 4.74 Å². The van der Waals surface area contributed by atoms with E-state index in [1.807, 2.05) is 7.11 Å². The van der Waals surface area contributed by atoms with Crippen LogP contribution in [0.3, 0.4) is 0 Å². The van der Waals surface area contributed by atoms with Gasteiger partial charge in [0.15, 0.2) is 0 Å². The van der Waals surface area contributed by atoms with Gasteiger partial charge in [0, 0.05) is 5.56 Å². The monoisotopic (exact) mass is 484 g/mol. The Labute approximate surface area is 222 Å². The first-order chi connectivity index (χ1) is 18.8. The Kier molecular flexibility index (Phi) is 3.67. The molecule has 1 nitrogen and oxygen atoms in total. The van der Waals surface area contributed by atoms with Gasteiger partial charge < -0.3 is 4.74 Å². The number of rotatable bonds is 1. The van der Waals surface area contributed by atoms with Gasteiger partial charge in [-0.05, 0) is 66.9 Å². The lowest BCUT2D eigenvalue weighted by atomic mass is 9.43. The van der Waals surface area contributed by atoms with Crippen LogP contribution in [0.2, 0.25) is 0 Å². The van der Waals surface area contributed by atoms with Gasteiger partial charge in [0.2, 0.25) is 0 Å². The minimum absolute atomic E-state index is 0.445. The smallest absolute Gasteiger partial charge is 0.124 e. The molecule has 0 atom stereocenters. The molecular weight excluding hydrogens is 460 g/mol. The van der Waals surface area contributed by atoms with E-state index in [2.05, 4.69) is 127 Å². The van der Waals surface area contributed by atoms with E-state index in [1.54, 1.807) is 0 Å². The van der Waals surface area contributed by atoms with Crippen molar-refractivity contribution in [1.82, 2.24) is 0 Å². The number of hydrogen-bond acceptors (Lipinski definition) is 1. The van der Waals surface area contributed by atoms with Crippen molar-refractivity contribution >= 4 is 10.8 Å². The first-order valence-corrected chi connectivity index (χ1v) is 13.3. The summed E-state index contributed by atoms with van der Waals surface area (Å²) in [5.41, 5.74) is 12.4. The molecule has 0 N–H and O–H groups in total. The van der Waals surface area contributed by atoms with E-state index in [0.717, 1.165) is 5.75 Å². The van der Waals surface area contributed by atoms with Crippen LogP contribution in [-0.4, -0.2) is 7.11 Å². The third kappa shape index (κ3) is 1.97. The maximum Gasteiger partial charge on any atom is 0.124 e. The summed E-state index contributed by atoms with van der Waals surface area (Å²) >= 11 is 0. The Bertz CT molecular complexity index is 1890. The average molecular weight is 485 g/mol. The Morgan fingerprint density at radius 1 is 0.421 bits per heavy atom. The highest BCUT2D eigenvalue weighted by molar-refractivity contribution is 6.06. The molecule has 1 heteroatoms. The number of hydrogen-bond donors (Lipinski definition) is 0. The fraction of sp³-hybridized carbons (Fsp3) is 0.0811. The van der Waals surface area contributed by atoms with Crippen molar-refractivity contribution in [3.8, 4) is 28.0 Å². The van der Waals surface area contributed by atoms with Crippen molar-refractivity contribution in [1.29, 1.82) is 0 Å². The van der Waals surface area contributed by atoms with Gasteiger partial charge >= 0.3 is 0 Å². The minimum Gasteiger partial charge on any atom is -0.496 e. The van der Waals surface area contributed by atoms with Crippen LogP contribution in [0.25, 0.3) is 33.0 Å². The number of fused-ring (bicyclic) bond motifs is 6. The second kappa shape index (κ2) is 6.82. The second-order valence-corrected chi connectivity index (χ2v) is 10.7. The third-order valence-corrected chi connectivity index (χ3v) is 9.47. The van der Waals surface area contributed by atoms with Gasteiger partial charge in [0.05, 0.1) is 17.9 Å². The molecule has 0 saturated carbocycles. The SMILES string of the molecule is COc1ccc2cccc3c2c1C12c4ccccc4-c4ccccc4C31c1ccccc1-c1ccccc12. The molecule has 0 aromatic heterocycles.